The third kappa shape index (κ3) is 6.80. The summed E-state index contributed by atoms with van der Waals surface area (Å²) in [5.74, 6) is 0.441. The molecule has 0 aromatic heterocycles. The second kappa shape index (κ2) is 7.64. The van der Waals surface area contributed by atoms with E-state index in [4.69, 9.17) is 16.3 Å². The molecule has 2 N–H and O–H groups in total. The molecule has 0 saturated heterocycles. The molecule has 0 aliphatic heterocycles. The third-order valence-corrected chi connectivity index (χ3v) is 3.05. The number of nitrogens with zero attached hydrogens (tertiary/aromatic N) is 1. The van der Waals surface area contributed by atoms with Crippen molar-refractivity contribution in [3.8, 4) is 5.75 Å². The number of hydrogen-bond acceptors (Lipinski definition) is 4. The maximum absolute atomic E-state index is 12.0. The van der Waals surface area contributed by atoms with E-state index >= 15 is 0 Å². The summed E-state index contributed by atoms with van der Waals surface area (Å²) in [5.41, 5.74) is -0.221. The summed E-state index contributed by atoms with van der Waals surface area (Å²) in [5, 5.41) is 13.0. The van der Waals surface area contributed by atoms with Gasteiger partial charge in [0.25, 0.3) is 0 Å². The molecule has 1 aromatic rings. The van der Waals surface area contributed by atoms with Crippen molar-refractivity contribution < 1.29 is 14.6 Å². The molecule has 1 rings (SSSR count). The van der Waals surface area contributed by atoms with Gasteiger partial charge in [-0.25, -0.2) is 0 Å². The molecule has 0 spiro atoms. The van der Waals surface area contributed by atoms with E-state index in [-0.39, 0.29) is 5.91 Å². The molecule has 0 saturated carbocycles. The monoisotopic (exact) mass is 314 g/mol. The predicted octanol–water partition coefficient (Wildman–Crippen LogP) is 2.38. The highest BCUT2D eigenvalue weighted by Gasteiger charge is 2.16. The fourth-order valence-electron chi connectivity index (χ4n) is 2.02. The van der Waals surface area contributed by atoms with Crippen LogP contribution in [0.5, 0.6) is 5.75 Å². The van der Waals surface area contributed by atoms with E-state index in [2.05, 4.69) is 5.32 Å². The summed E-state index contributed by atoms with van der Waals surface area (Å²) >= 11 is 5.91. The molecule has 1 aromatic carbocycles. The zero-order valence-electron chi connectivity index (χ0n) is 12.9. The van der Waals surface area contributed by atoms with E-state index in [0.717, 1.165) is 0 Å². The molecule has 0 bridgehead atoms. The van der Waals surface area contributed by atoms with Crippen LogP contribution in [-0.4, -0.2) is 48.8 Å². The van der Waals surface area contributed by atoms with Gasteiger partial charge in [0.05, 0.1) is 18.4 Å². The Bertz CT molecular complexity index is 486. The van der Waals surface area contributed by atoms with E-state index in [1.165, 1.54) is 7.11 Å². The SMILES string of the molecule is COc1ccc(Cl)cc1NC(=O)CCN(C)CC(C)(C)O. The van der Waals surface area contributed by atoms with E-state index in [1.54, 1.807) is 32.0 Å². The second-order valence-corrected chi connectivity index (χ2v) is 6.13. The largest absolute Gasteiger partial charge is 0.495 e. The number of anilines is 1. The molecule has 0 radical (unpaired) electrons. The first kappa shape index (κ1) is 17.8. The zero-order chi connectivity index (χ0) is 16.0. The first-order chi connectivity index (χ1) is 9.71. The molecule has 0 atom stereocenters. The van der Waals surface area contributed by atoms with Crippen LogP contribution in [0.4, 0.5) is 5.69 Å². The standard InChI is InChI=1S/C15H23ClN2O3/c1-15(2,20)10-18(3)8-7-14(19)17-12-9-11(16)5-6-13(12)21-4/h5-6,9,20H,7-8,10H2,1-4H3,(H,17,19). The third-order valence-electron chi connectivity index (χ3n) is 2.81. The fourth-order valence-corrected chi connectivity index (χ4v) is 2.19. The van der Waals surface area contributed by atoms with Gasteiger partial charge in [0.1, 0.15) is 5.75 Å². The van der Waals surface area contributed by atoms with Crippen molar-refractivity contribution in [1.29, 1.82) is 0 Å². The number of methoxy groups -OCH3 is 1. The zero-order valence-corrected chi connectivity index (χ0v) is 13.7. The number of likely N-dealkylation sites (N-methyl/N-ethyl adjacent to an activating group) is 1. The van der Waals surface area contributed by atoms with Gasteiger partial charge in [-0.05, 0) is 39.1 Å². The number of rotatable bonds is 7. The molecule has 6 heteroatoms. The first-order valence-corrected chi connectivity index (χ1v) is 7.13. The van der Waals surface area contributed by atoms with E-state index in [0.29, 0.717) is 36.0 Å². The van der Waals surface area contributed by atoms with Crippen molar-refractivity contribution in [2.24, 2.45) is 0 Å². The van der Waals surface area contributed by atoms with Gasteiger partial charge in [-0.15, -0.1) is 0 Å². The average Bonchev–Trinajstić information content (AvgIpc) is 2.35. The lowest BCUT2D eigenvalue weighted by Crippen LogP contribution is -2.37. The Morgan fingerprint density at radius 1 is 1.48 bits per heavy atom. The van der Waals surface area contributed by atoms with Crippen LogP contribution in [0.2, 0.25) is 5.02 Å². The number of halogens is 1. The molecule has 21 heavy (non-hydrogen) atoms. The van der Waals surface area contributed by atoms with Gasteiger partial charge >= 0.3 is 0 Å². The topological polar surface area (TPSA) is 61.8 Å². The summed E-state index contributed by atoms with van der Waals surface area (Å²) in [7, 11) is 3.40. The number of ether oxygens (including phenoxy) is 1. The van der Waals surface area contributed by atoms with Crippen LogP contribution in [0.1, 0.15) is 20.3 Å². The summed E-state index contributed by atoms with van der Waals surface area (Å²) in [6.07, 6.45) is 0.322. The summed E-state index contributed by atoms with van der Waals surface area (Å²) in [6, 6.07) is 5.06. The maximum atomic E-state index is 12.0. The van der Waals surface area contributed by atoms with Crippen molar-refractivity contribution in [1.82, 2.24) is 4.90 Å². The van der Waals surface area contributed by atoms with Crippen LogP contribution in [0, 0.1) is 0 Å². The highest BCUT2D eigenvalue weighted by Crippen LogP contribution is 2.27. The average molecular weight is 315 g/mol. The maximum Gasteiger partial charge on any atom is 0.225 e. The lowest BCUT2D eigenvalue weighted by atomic mass is 10.1. The van der Waals surface area contributed by atoms with E-state index in [1.807, 2.05) is 11.9 Å². The lowest BCUT2D eigenvalue weighted by Gasteiger charge is -2.25. The molecule has 118 valence electrons. The van der Waals surface area contributed by atoms with Crippen molar-refractivity contribution in [2.45, 2.75) is 25.9 Å². The first-order valence-electron chi connectivity index (χ1n) is 6.75. The minimum Gasteiger partial charge on any atom is -0.495 e. The molecule has 0 unspecified atom stereocenters. The highest BCUT2D eigenvalue weighted by atomic mass is 35.5. The number of benzene rings is 1. The summed E-state index contributed by atoms with van der Waals surface area (Å²) in [4.78, 5) is 13.9. The lowest BCUT2D eigenvalue weighted by molar-refractivity contribution is -0.116. The van der Waals surface area contributed by atoms with Crippen molar-refractivity contribution in [3.63, 3.8) is 0 Å². The Morgan fingerprint density at radius 2 is 2.14 bits per heavy atom. The molecule has 0 aliphatic carbocycles. The Labute approximate surface area is 130 Å². The van der Waals surface area contributed by atoms with Crippen LogP contribution >= 0.6 is 11.6 Å². The van der Waals surface area contributed by atoms with Gasteiger partial charge in [0.15, 0.2) is 0 Å². The molecule has 0 fully saturated rings. The quantitative estimate of drug-likeness (QED) is 0.811. The van der Waals surface area contributed by atoms with Gasteiger partial charge in [-0.3, -0.25) is 4.79 Å². The van der Waals surface area contributed by atoms with Crippen molar-refractivity contribution in [3.05, 3.63) is 23.2 Å². The minimum atomic E-state index is -0.776. The number of carbonyl (C=O) groups is 1. The highest BCUT2D eigenvalue weighted by molar-refractivity contribution is 6.31. The summed E-state index contributed by atoms with van der Waals surface area (Å²) in [6.45, 7) is 4.53. The number of aliphatic hydroxyl groups is 1. The number of carbonyl (C=O) groups excluding carboxylic acids is 1. The minimum absolute atomic E-state index is 0.127. The smallest absolute Gasteiger partial charge is 0.225 e. The molecule has 0 heterocycles. The predicted molar refractivity (Wildman–Crippen MR) is 85.0 cm³/mol. The van der Waals surface area contributed by atoms with Crippen LogP contribution < -0.4 is 10.1 Å². The Morgan fingerprint density at radius 3 is 2.71 bits per heavy atom. The Hall–Kier alpha value is -1.30. The van der Waals surface area contributed by atoms with Gasteiger partial charge in [0, 0.05) is 24.5 Å². The van der Waals surface area contributed by atoms with Gasteiger partial charge in [-0.1, -0.05) is 11.6 Å². The van der Waals surface area contributed by atoms with Crippen LogP contribution in [0.3, 0.4) is 0 Å². The Kier molecular flexibility index (Phi) is 6.45. The molecular weight excluding hydrogens is 292 g/mol. The number of nitrogens with one attached hydrogen (secondary N) is 1. The van der Waals surface area contributed by atoms with Gasteiger partial charge in [-0.2, -0.15) is 0 Å². The van der Waals surface area contributed by atoms with E-state index < -0.39 is 5.60 Å². The van der Waals surface area contributed by atoms with Gasteiger partial charge in [0.2, 0.25) is 5.91 Å². The van der Waals surface area contributed by atoms with Crippen molar-refractivity contribution >= 4 is 23.2 Å². The van der Waals surface area contributed by atoms with Crippen LogP contribution in [-0.2, 0) is 4.79 Å². The normalized spacial score (nSPS) is 11.6. The Balaban J connectivity index is 2.53. The molecule has 5 nitrogen and oxygen atoms in total. The molecule has 0 aliphatic rings. The van der Waals surface area contributed by atoms with Crippen molar-refractivity contribution in [2.75, 3.05) is 32.6 Å². The van der Waals surface area contributed by atoms with Gasteiger partial charge < -0.3 is 20.1 Å². The molecule has 1 amide bonds. The van der Waals surface area contributed by atoms with Crippen LogP contribution in [0.15, 0.2) is 18.2 Å². The molecular formula is C15H23ClN2O3. The summed E-state index contributed by atoms with van der Waals surface area (Å²) < 4.78 is 5.18. The fraction of sp³-hybridized carbons (Fsp3) is 0.533. The number of hydrogen-bond donors (Lipinski definition) is 2. The van der Waals surface area contributed by atoms with E-state index in [9.17, 15) is 9.90 Å². The second-order valence-electron chi connectivity index (χ2n) is 5.69. The number of amides is 1. The van der Waals surface area contributed by atoms with Crippen LogP contribution in [0.25, 0.3) is 0 Å².